The number of aryl methyl sites for hydroxylation is 2. The summed E-state index contributed by atoms with van der Waals surface area (Å²) in [6.45, 7) is 1.91. The minimum absolute atomic E-state index is 0.204. The van der Waals surface area contributed by atoms with Gasteiger partial charge in [-0.05, 0) is 37.3 Å². The Labute approximate surface area is 244 Å². The highest BCUT2D eigenvalue weighted by Gasteiger charge is 2.25. The van der Waals surface area contributed by atoms with E-state index in [0.29, 0.717) is 51.8 Å². The van der Waals surface area contributed by atoms with E-state index < -0.39 is 5.82 Å². The number of carbonyl (C=O) groups excluding carboxylic acids is 1. The summed E-state index contributed by atoms with van der Waals surface area (Å²) < 4.78 is 19.8. The first-order valence-electron chi connectivity index (χ1n) is 13.5. The molecule has 7 rings (SSSR count). The molecule has 0 unspecified atom stereocenters. The van der Waals surface area contributed by atoms with Crippen molar-refractivity contribution >= 4 is 28.3 Å². The summed E-state index contributed by atoms with van der Waals surface area (Å²) in [5.74, 6) is -0.447. The molecule has 1 aliphatic rings. The predicted octanol–water partition coefficient (Wildman–Crippen LogP) is 4.60. The van der Waals surface area contributed by atoms with Crippen LogP contribution >= 0.6 is 0 Å². The number of benzene rings is 1. The standard InChI is InChI=1S/C31H25FN10O/c1-17-15-42(16-36-17)24-9-8-20(33)11-23-27(24)39-29(38-23)28-25-26(32)22(14-35-30(25)41(2)40-28)19-10-21(13-34-12-19)37-31(43)18-6-4-3-5-7-18/h3-10,12-16H,11,33H2,1-2H3,(H,37,43)(H,38,39). The minimum Gasteiger partial charge on any atom is -0.402 e. The molecule has 12 heteroatoms. The van der Waals surface area contributed by atoms with Gasteiger partial charge in [0, 0.05) is 54.4 Å². The first-order chi connectivity index (χ1) is 20.9. The van der Waals surface area contributed by atoms with Crippen LogP contribution in [0.1, 0.15) is 27.4 Å². The second-order valence-corrected chi connectivity index (χ2v) is 10.2. The third-order valence-electron chi connectivity index (χ3n) is 7.20. The number of fused-ring (bicyclic) bond motifs is 2. The number of pyridine rings is 2. The molecular weight excluding hydrogens is 547 g/mol. The molecule has 1 amide bonds. The van der Waals surface area contributed by atoms with Gasteiger partial charge in [0.15, 0.2) is 11.5 Å². The number of nitrogens with zero attached hydrogens (tertiary/aromatic N) is 7. The van der Waals surface area contributed by atoms with E-state index in [-0.39, 0.29) is 16.9 Å². The predicted molar refractivity (Wildman–Crippen MR) is 160 cm³/mol. The van der Waals surface area contributed by atoms with Gasteiger partial charge in [0.2, 0.25) is 0 Å². The molecular formula is C31H25FN10O. The zero-order valence-electron chi connectivity index (χ0n) is 23.2. The van der Waals surface area contributed by atoms with Gasteiger partial charge in [0.05, 0.1) is 40.7 Å². The maximum Gasteiger partial charge on any atom is 0.255 e. The van der Waals surface area contributed by atoms with Crippen LogP contribution in [0.4, 0.5) is 10.1 Å². The van der Waals surface area contributed by atoms with Crippen LogP contribution < -0.4 is 11.1 Å². The Morgan fingerprint density at radius 3 is 2.72 bits per heavy atom. The number of halogens is 1. The Bertz CT molecular complexity index is 2100. The highest BCUT2D eigenvalue weighted by atomic mass is 19.1. The highest BCUT2D eigenvalue weighted by molar-refractivity contribution is 6.04. The molecule has 0 atom stereocenters. The molecule has 0 bridgehead atoms. The van der Waals surface area contributed by atoms with E-state index >= 15 is 4.39 Å². The summed E-state index contributed by atoms with van der Waals surface area (Å²) in [7, 11) is 1.70. The van der Waals surface area contributed by atoms with Gasteiger partial charge in [-0.1, -0.05) is 18.2 Å². The van der Waals surface area contributed by atoms with Gasteiger partial charge in [-0.25, -0.2) is 24.0 Å². The molecule has 5 aromatic heterocycles. The second-order valence-electron chi connectivity index (χ2n) is 10.2. The summed E-state index contributed by atoms with van der Waals surface area (Å²) in [5.41, 5.74) is 12.2. The van der Waals surface area contributed by atoms with E-state index in [2.05, 4.69) is 30.4 Å². The van der Waals surface area contributed by atoms with Crippen molar-refractivity contribution in [3.05, 3.63) is 114 Å². The number of allylic oxidation sites excluding steroid dienone is 3. The minimum atomic E-state index is -0.534. The topological polar surface area (TPSA) is 145 Å². The average Bonchev–Trinajstić information content (AvgIpc) is 3.69. The number of rotatable bonds is 5. The third kappa shape index (κ3) is 4.64. The monoisotopic (exact) mass is 572 g/mol. The summed E-state index contributed by atoms with van der Waals surface area (Å²) in [5, 5.41) is 7.62. The van der Waals surface area contributed by atoms with E-state index in [1.807, 2.05) is 35.9 Å². The summed E-state index contributed by atoms with van der Waals surface area (Å²) in [4.78, 5) is 34.0. The van der Waals surface area contributed by atoms with E-state index in [4.69, 9.17) is 10.7 Å². The number of nitrogens with one attached hydrogen (secondary N) is 2. The first kappa shape index (κ1) is 26.0. The van der Waals surface area contributed by atoms with Crippen molar-refractivity contribution in [2.24, 2.45) is 12.8 Å². The van der Waals surface area contributed by atoms with Crippen LogP contribution in [0, 0.1) is 12.7 Å². The number of aromatic nitrogens is 8. The van der Waals surface area contributed by atoms with Crippen molar-refractivity contribution in [1.29, 1.82) is 0 Å². The smallest absolute Gasteiger partial charge is 0.255 e. The Morgan fingerprint density at radius 1 is 1.09 bits per heavy atom. The summed E-state index contributed by atoms with van der Waals surface area (Å²) in [6.07, 6.45) is 12.2. The molecule has 4 N–H and O–H groups in total. The molecule has 0 saturated heterocycles. The normalized spacial score (nSPS) is 12.9. The molecule has 43 heavy (non-hydrogen) atoms. The van der Waals surface area contributed by atoms with E-state index in [1.165, 1.54) is 23.3 Å². The Balaban J connectivity index is 1.30. The average molecular weight is 573 g/mol. The van der Waals surface area contributed by atoms with Crippen LogP contribution in [0.15, 0.2) is 85.4 Å². The largest absolute Gasteiger partial charge is 0.402 e. The number of hydrogen-bond acceptors (Lipinski definition) is 7. The Morgan fingerprint density at radius 2 is 1.93 bits per heavy atom. The molecule has 6 aromatic rings. The fourth-order valence-electron chi connectivity index (χ4n) is 5.15. The van der Waals surface area contributed by atoms with Crippen molar-refractivity contribution in [1.82, 2.24) is 39.3 Å². The molecule has 1 aliphatic carbocycles. The Kier molecular flexibility index (Phi) is 6.16. The van der Waals surface area contributed by atoms with Crippen molar-refractivity contribution in [3.63, 3.8) is 0 Å². The van der Waals surface area contributed by atoms with Gasteiger partial charge in [0.25, 0.3) is 5.91 Å². The molecule has 0 spiro atoms. The van der Waals surface area contributed by atoms with Crippen LogP contribution in [0.5, 0.6) is 0 Å². The van der Waals surface area contributed by atoms with Gasteiger partial charge in [0.1, 0.15) is 17.2 Å². The van der Waals surface area contributed by atoms with Gasteiger partial charge in [-0.15, -0.1) is 0 Å². The van der Waals surface area contributed by atoms with Crippen LogP contribution in [0.2, 0.25) is 0 Å². The van der Waals surface area contributed by atoms with Crippen LogP contribution in [-0.4, -0.2) is 45.2 Å². The van der Waals surface area contributed by atoms with Crippen LogP contribution in [-0.2, 0) is 13.5 Å². The zero-order valence-corrected chi connectivity index (χ0v) is 23.2. The SMILES string of the molecule is Cc1cn(C2=CC=C(N)Cc3[nH]c(-c4nn(C)c5ncc(-c6cncc(NC(=O)c7ccccc7)c6)c(F)c45)nc32)cn1. The lowest BCUT2D eigenvalue weighted by Gasteiger charge is -2.08. The fourth-order valence-corrected chi connectivity index (χ4v) is 5.15. The number of H-pyrrole nitrogens is 1. The fraction of sp³-hybridized carbons (Fsp3) is 0.0968. The lowest BCUT2D eigenvalue weighted by molar-refractivity contribution is 0.102. The number of anilines is 1. The van der Waals surface area contributed by atoms with Crippen molar-refractivity contribution < 1.29 is 9.18 Å². The quantitative estimate of drug-likeness (QED) is 0.274. The number of aromatic amines is 1. The molecule has 0 fully saturated rings. The third-order valence-corrected chi connectivity index (χ3v) is 7.20. The van der Waals surface area contributed by atoms with Crippen molar-refractivity contribution in [3.8, 4) is 22.6 Å². The van der Waals surface area contributed by atoms with Crippen molar-refractivity contribution in [2.45, 2.75) is 13.3 Å². The number of hydrogen-bond donors (Lipinski definition) is 3. The molecule has 0 aliphatic heterocycles. The van der Waals surface area contributed by atoms with Crippen LogP contribution in [0.25, 0.3) is 39.4 Å². The van der Waals surface area contributed by atoms with Gasteiger partial charge >= 0.3 is 0 Å². The summed E-state index contributed by atoms with van der Waals surface area (Å²) >= 11 is 0. The van der Waals surface area contributed by atoms with E-state index in [1.54, 1.807) is 43.7 Å². The van der Waals surface area contributed by atoms with E-state index in [9.17, 15) is 4.79 Å². The van der Waals surface area contributed by atoms with E-state index in [0.717, 1.165) is 17.1 Å². The number of imidazole rings is 2. The molecule has 11 nitrogen and oxygen atoms in total. The Hall–Kier alpha value is -5.91. The van der Waals surface area contributed by atoms with Crippen LogP contribution in [0.3, 0.4) is 0 Å². The lowest BCUT2D eigenvalue weighted by Crippen LogP contribution is -2.11. The lowest BCUT2D eigenvalue weighted by atomic mass is 10.1. The second kappa shape index (κ2) is 10.2. The van der Waals surface area contributed by atoms with Gasteiger partial charge in [-0.3, -0.25) is 9.78 Å². The van der Waals surface area contributed by atoms with Crippen molar-refractivity contribution in [2.75, 3.05) is 5.32 Å². The van der Waals surface area contributed by atoms with Gasteiger partial charge < -0.3 is 20.6 Å². The maximum absolute atomic E-state index is 16.4. The summed E-state index contributed by atoms with van der Waals surface area (Å²) in [6, 6.07) is 10.5. The molecule has 0 saturated carbocycles. The number of amides is 1. The molecule has 5 heterocycles. The maximum atomic E-state index is 16.4. The number of nitrogens with two attached hydrogens (primary N) is 1. The van der Waals surface area contributed by atoms with Gasteiger partial charge in [-0.2, -0.15) is 5.10 Å². The first-order valence-corrected chi connectivity index (χ1v) is 13.5. The molecule has 212 valence electrons. The molecule has 1 aromatic carbocycles. The number of carbonyl (C=O) groups is 1. The molecule has 0 radical (unpaired) electrons. The zero-order chi connectivity index (χ0) is 29.7. The highest BCUT2D eigenvalue weighted by Crippen LogP contribution is 2.35.